The molecule has 0 bridgehead atoms. The topological polar surface area (TPSA) is 74.2 Å². The van der Waals surface area contributed by atoms with Crippen LogP contribution in [-0.2, 0) is 6.42 Å². The number of nitrogens with one attached hydrogen (secondary N) is 2. The van der Waals surface area contributed by atoms with Gasteiger partial charge in [-0.3, -0.25) is 4.79 Å². The van der Waals surface area contributed by atoms with Crippen molar-refractivity contribution in [3.63, 3.8) is 0 Å². The minimum atomic E-state index is -0.0321. The Balaban J connectivity index is 1.99. The van der Waals surface area contributed by atoms with Gasteiger partial charge in [0.2, 0.25) is 0 Å². The molecule has 2 aromatic rings. The SMILES string of the molecule is CN1CCCc2[nH]c3c(C(=O)NCCCN)cccc3c21. The Hall–Kier alpha value is -2.01. The van der Waals surface area contributed by atoms with Crippen molar-refractivity contribution in [3.8, 4) is 0 Å². The molecule has 0 spiro atoms. The van der Waals surface area contributed by atoms with E-state index in [1.807, 2.05) is 12.1 Å². The van der Waals surface area contributed by atoms with Crippen LogP contribution in [0.15, 0.2) is 18.2 Å². The lowest BCUT2D eigenvalue weighted by atomic mass is 10.1. The van der Waals surface area contributed by atoms with Crippen molar-refractivity contribution < 1.29 is 4.79 Å². The van der Waals surface area contributed by atoms with Gasteiger partial charge in [0, 0.05) is 31.2 Å². The molecule has 5 nitrogen and oxygen atoms in total. The number of nitrogens with two attached hydrogens (primary N) is 1. The second-order valence-corrected chi connectivity index (χ2v) is 5.60. The Kier molecular flexibility index (Phi) is 3.84. The predicted molar refractivity (Wildman–Crippen MR) is 85.9 cm³/mol. The number of amides is 1. The summed E-state index contributed by atoms with van der Waals surface area (Å²) in [5.41, 5.74) is 9.60. The second-order valence-electron chi connectivity index (χ2n) is 5.60. The molecule has 1 aromatic heterocycles. The molecule has 0 aliphatic carbocycles. The van der Waals surface area contributed by atoms with Gasteiger partial charge in [0.1, 0.15) is 0 Å². The summed E-state index contributed by atoms with van der Waals surface area (Å²) in [7, 11) is 2.11. The third kappa shape index (κ3) is 2.49. The first-order valence-corrected chi connectivity index (χ1v) is 7.55. The number of hydrogen-bond acceptors (Lipinski definition) is 3. The van der Waals surface area contributed by atoms with Crippen LogP contribution in [0.5, 0.6) is 0 Å². The molecule has 1 amide bonds. The minimum Gasteiger partial charge on any atom is -0.373 e. The average Bonchev–Trinajstić information content (AvgIpc) is 2.87. The fourth-order valence-corrected chi connectivity index (χ4v) is 3.07. The van der Waals surface area contributed by atoms with E-state index in [2.05, 4.69) is 28.3 Å². The van der Waals surface area contributed by atoms with Gasteiger partial charge in [-0.1, -0.05) is 12.1 Å². The first kappa shape index (κ1) is 13.9. The first-order valence-electron chi connectivity index (χ1n) is 7.55. The van der Waals surface area contributed by atoms with Gasteiger partial charge in [-0.15, -0.1) is 0 Å². The van der Waals surface area contributed by atoms with Crippen LogP contribution in [-0.4, -0.2) is 37.6 Å². The fourth-order valence-electron chi connectivity index (χ4n) is 3.07. The molecule has 0 radical (unpaired) electrons. The number of aromatic amines is 1. The number of benzene rings is 1. The highest BCUT2D eigenvalue weighted by molar-refractivity contribution is 6.09. The summed E-state index contributed by atoms with van der Waals surface area (Å²) in [6, 6.07) is 5.92. The summed E-state index contributed by atoms with van der Waals surface area (Å²) in [5, 5.41) is 4.07. The molecular weight excluding hydrogens is 264 g/mol. The zero-order chi connectivity index (χ0) is 14.8. The number of fused-ring (bicyclic) bond motifs is 3. The van der Waals surface area contributed by atoms with Crippen LogP contribution in [0.4, 0.5) is 5.69 Å². The number of aromatic nitrogens is 1. The molecule has 1 aliphatic rings. The Morgan fingerprint density at radius 1 is 1.48 bits per heavy atom. The number of anilines is 1. The van der Waals surface area contributed by atoms with Gasteiger partial charge in [-0.05, 0) is 31.9 Å². The highest BCUT2D eigenvalue weighted by Gasteiger charge is 2.21. The zero-order valence-electron chi connectivity index (χ0n) is 12.4. The number of carbonyl (C=O) groups excluding carboxylic acids is 1. The lowest BCUT2D eigenvalue weighted by molar-refractivity contribution is 0.0955. The van der Waals surface area contributed by atoms with Gasteiger partial charge in [0.05, 0.1) is 16.8 Å². The lowest BCUT2D eigenvalue weighted by Crippen LogP contribution is -2.26. The number of hydrogen-bond donors (Lipinski definition) is 3. The van der Waals surface area contributed by atoms with E-state index in [1.54, 1.807) is 0 Å². The molecule has 21 heavy (non-hydrogen) atoms. The van der Waals surface area contributed by atoms with Gasteiger partial charge in [0.25, 0.3) is 5.91 Å². The Labute approximate surface area is 124 Å². The van der Waals surface area contributed by atoms with Crippen molar-refractivity contribution in [2.24, 2.45) is 5.73 Å². The molecule has 0 unspecified atom stereocenters. The van der Waals surface area contributed by atoms with Crippen LogP contribution in [0.1, 0.15) is 28.9 Å². The van der Waals surface area contributed by atoms with Crippen molar-refractivity contribution in [3.05, 3.63) is 29.5 Å². The zero-order valence-corrected chi connectivity index (χ0v) is 12.4. The average molecular weight is 286 g/mol. The standard InChI is InChI=1S/C16H22N4O/c1-20-10-3-7-13-15(20)11-5-2-6-12(14(11)19-13)16(21)18-9-4-8-17/h2,5-6,19H,3-4,7-10,17H2,1H3,(H,18,21). The molecule has 0 saturated heterocycles. The predicted octanol–water partition coefficient (Wildman–Crippen LogP) is 1.63. The minimum absolute atomic E-state index is 0.0321. The summed E-state index contributed by atoms with van der Waals surface area (Å²) >= 11 is 0. The second kappa shape index (κ2) is 5.77. The number of aryl methyl sites for hydroxylation is 1. The van der Waals surface area contributed by atoms with E-state index in [0.717, 1.165) is 36.7 Å². The van der Waals surface area contributed by atoms with E-state index in [4.69, 9.17) is 5.73 Å². The van der Waals surface area contributed by atoms with E-state index in [1.165, 1.54) is 11.4 Å². The fraction of sp³-hybridized carbons (Fsp3) is 0.438. The van der Waals surface area contributed by atoms with E-state index >= 15 is 0 Å². The molecule has 0 atom stereocenters. The van der Waals surface area contributed by atoms with Crippen LogP contribution in [0.3, 0.4) is 0 Å². The van der Waals surface area contributed by atoms with Gasteiger partial charge < -0.3 is 20.9 Å². The van der Waals surface area contributed by atoms with E-state index in [-0.39, 0.29) is 5.91 Å². The highest BCUT2D eigenvalue weighted by Crippen LogP contribution is 2.35. The molecule has 0 fully saturated rings. The molecule has 112 valence electrons. The van der Waals surface area contributed by atoms with E-state index in [9.17, 15) is 4.79 Å². The van der Waals surface area contributed by atoms with Crippen LogP contribution >= 0.6 is 0 Å². The highest BCUT2D eigenvalue weighted by atomic mass is 16.1. The summed E-state index contributed by atoms with van der Waals surface area (Å²) in [6.45, 7) is 2.27. The van der Waals surface area contributed by atoms with Gasteiger partial charge in [0.15, 0.2) is 0 Å². The monoisotopic (exact) mass is 286 g/mol. The normalized spacial score (nSPS) is 14.3. The smallest absolute Gasteiger partial charge is 0.253 e. The van der Waals surface area contributed by atoms with Crippen molar-refractivity contribution in [2.75, 3.05) is 31.6 Å². The van der Waals surface area contributed by atoms with Gasteiger partial charge >= 0.3 is 0 Å². The Bertz CT molecular complexity index is 662. The maximum Gasteiger partial charge on any atom is 0.253 e. The first-order chi connectivity index (χ1) is 10.2. The van der Waals surface area contributed by atoms with Gasteiger partial charge in [-0.2, -0.15) is 0 Å². The molecular formula is C16H22N4O. The number of para-hydroxylation sites is 1. The van der Waals surface area contributed by atoms with E-state index in [0.29, 0.717) is 18.7 Å². The van der Waals surface area contributed by atoms with Crippen LogP contribution < -0.4 is 16.0 Å². The van der Waals surface area contributed by atoms with Crippen molar-refractivity contribution in [2.45, 2.75) is 19.3 Å². The Morgan fingerprint density at radius 3 is 3.14 bits per heavy atom. The Morgan fingerprint density at radius 2 is 2.33 bits per heavy atom. The molecule has 1 aromatic carbocycles. The summed E-state index contributed by atoms with van der Waals surface area (Å²) in [6.07, 6.45) is 2.99. The van der Waals surface area contributed by atoms with Crippen molar-refractivity contribution in [1.82, 2.24) is 10.3 Å². The maximum absolute atomic E-state index is 12.3. The molecule has 5 heteroatoms. The molecule has 1 aliphatic heterocycles. The van der Waals surface area contributed by atoms with Crippen molar-refractivity contribution in [1.29, 1.82) is 0 Å². The van der Waals surface area contributed by atoms with Crippen molar-refractivity contribution >= 4 is 22.5 Å². The van der Waals surface area contributed by atoms with Crippen LogP contribution in [0, 0.1) is 0 Å². The quantitative estimate of drug-likeness (QED) is 0.748. The van der Waals surface area contributed by atoms with E-state index < -0.39 is 0 Å². The van der Waals surface area contributed by atoms with Crippen LogP contribution in [0.25, 0.3) is 10.9 Å². The summed E-state index contributed by atoms with van der Waals surface area (Å²) in [4.78, 5) is 18.1. The summed E-state index contributed by atoms with van der Waals surface area (Å²) < 4.78 is 0. The van der Waals surface area contributed by atoms with Gasteiger partial charge in [-0.25, -0.2) is 0 Å². The number of H-pyrrole nitrogens is 1. The molecule has 4 N–H and O–H groups in total. The number of nitrogens with zero attached hydrogens (tertiary/aromatic N) is 1. The number of rotatable bonds is 4. The summed E-state index contributed by atoms with van der Waals surface area (Å²) in [5.74, 6) is -0.0321. The lowest BCUT2D eigenvalue weighted by Gasteiger charge is -2.24. The largest absolute Gasteiger partial charge is 0.373 e. The maximum atomic E-state index is 12.3. The molecule has 0 saturated carbocycles. The number of carbonyl (C=O) groups is 1. The third-order valence-corrected chi connectivity index (χ3v) is 4.09. The van der Waals surface area contributed by atoms with Crippen LogP contribution in [0.2, 0.25) is 0 Å². The molecule has 2 heterocycles. The third-order valence-electron chi connectivity index (χ3n) is 4.09. The molecule has 3 rings (SSSR count).